The van der Waals surface area contributed by atoms with E-state index < -0.39 is 0 Å². The largest absolute Gasteiger partial charge is 0.330 e. The molecule has 0 heterocycles. The SMILES string of the molecule is CCCN.CCCNC. The molecule has 0 saturated carbocycles. The average molecular weight is 132 g/mol. The maximum atomic E-state index is 5.03. The Kier molecular flexibility index (Phi) is 20.3. The van der Waals surface area contributed by atoms with Gasteiger partial charge in [0.05, 0.1) is 0 Å². The standard InChI is InChI=1S/C4H11N.C3H9N/c1-3-4-5-2;1-2-3-4/h5H,3-4H2,1-2H3;2-4H2,1H3. The van der Waals surface area contributed by atoms with E-state index in [4.69, 9.17) is 5.73 Å². The van der Waals surface area contributed by atoms with Gasteiger partial charge in [-0.15, -0.1) is 0 Å². The third-order valence-corrected chi connectivity index (χ3v) is 0.789. The van der Waals surface area contributed by atoms with Gasteiger partial charge in [0.2, 0.25) is 0 Å². The second-order valence-corrected chi connectivity index (χ2v) is 1.89. The van der Waals surface area contributed by atoms with Gasteiger partial charge in [0, 0.05) is 0 Å². The number of hydrogen-bond acceptors (Lipinski definition) is 2. The fourth-order valence-electron chi connectivity index (χ4n) is 0.250. The molecule has 0 aromatic heterocycles. The number of hydrogen-bond donors (Lipinski definition) is 2. The molecule has 0 amide bonds. The second-order valence-electron chi connectivity index (χ2n) is 1.89. The Labute approximate surface area is 58.8 Å². The first kappa shape index (κ1) is 11.7. The van der Waals surface area contributed by atoms with Crippen molar-refractivity contribution in [2.45, 2.75) is 26.7 Å². The van der Waals surface area contributed by atoms with Crippen molar-refractivity contribution in [2.75, 3.05) is 20.1 Å². The average Bonchev–Trinajstić information content (AvgIpc) is 1.91. The van der Waals surface area contributed by atoms with Crippen LogP contribution in [0.15, 0.2) is 0 Å². The summed E-state index contributed by atoms with van der Waals surface area (Å²) in [6.07, 6.45) is 2.33. The Morgan fingerprint density at radius 2 is 1.67 bits per heavy atom. The third kappa shape index (κ3) is 32.6. The molecule has 0 aromatic carbocycles. The Balaban J connectivity index is 0. The van der Waals surface area contributed by atoms with Gasteiger partial charge in [-0.3, -0.25) is 0 Å². The molecular weight excluding hydrogens is 112 g/mol. The predicted molar refractivity (Wildman–Crippen MR) is 43.6 cm³/mol. The van der Waals surface area contributed by atoms with Gasteiger partial charge in [-0.2, -0.15) is 0 Å². The maximum Gasteiger partial charge on any atom is -0.00546 e. The molecule has 58 valence electrons. The molecule has 0 aromatic rings. The third-order valence-electron chi connectivity index (χ3n) is 0.789. The van der Waals surface area contributed by atoms with E-state index in [0.717, 1.165) is 19.5 Å². The first-order valence-corrected chi connectivity index (χ1v) is 3.68. The van der Waals surface area contributed by atoms with Crippen LogP contribution in [-0.4, -0.2) is 20.1 Å². The lowest BCUT2D eigenvalue weighted by molar-refractivity contribution is 0.772. The molecule has 0 fully saturated rings. The predicted octanol–water partition coefficient (Wildman–Crippen LogP) is 0.971. The molecule has 0 unspecified atom stereocenters. The first-order chi connectivity index (χ1) is 4.33. The van der Waals surface area contributed by atoms with Gasteiger partial charge < -0.3 is 11.1 Å². The number of nitrogens with one attached hydrogen (secondary N) is 1. The quantitative estimate of drug-likeness (QED) is 0.600. The van der Waals surface area contributed by atoms with Crippen LogP contribution in [0.1, 0.15) is 26.7 Å². The smallest absolute Gasteiger partial charge is 0.00546 e. The number of nitrogens with two attached hydrogens (primary N) is 1. The minimum atomic E-state index is 0.819. The molecule has 2 heteroatoms. The van der Waals surface area contributed by atoms with Gasteiger partial charge in [0.25, 0.3) is 0 Å². The van der Waals surface area contributed by atoms with Crippen molar-refractivity contribution in [1.82, 2.24) is 5.32 Å². The number of rotatable bonds is 3. The summed E-state index contributed by atoms with van der Waals surface area (Å²) in [5.41, 5.74) is 5.03. The molecule has 0 bridgehead atoms. The summed E-state index contributed by atoms with van der Waals surface area (Å²) in [4.78, 5) is 0. The van der Waals surface area contributed by atoms with Crippen LogP contribution in [0.25, 0.3) is 0 Å². The van der Waals surface area contributed by atoms with Gasteiger partial charge in [-0.05, 0) is 33.0 Å². The zero-order valence-electron chi connectivity index (χ0n) is 6.91. The maximum absolute atomic E-state index is 5.03. The summed E-state index contributed by atoms with van der Waals surface area (Å²) in [6, 6.07) is 0. The van der Waals surface area contributed by atoms with E-state index in [9.17, 15) is 0 Å². The van der Waals surface area contributed by atoms with Crippen LogP contribution in [-0.2, 0) is 0 Å². The summed E-state index contributed by atoms with van der Waals surface area (Å²) >= 11 is 0. The summed E-state index contributed by atoms with van der Waals surface area (Å²) in [5.74, 6) is 0. The van der Waals surface area contributed by atoms with Crippen LogP contribution < -0.4 is 11.1 Å². The molecule has 0 aliphatic carbocycles. The van der Waals surface area contributed by atoms with Crippen LogP contribution in [0.5, 0.6) is 0 Å². The van der Waals surface area contributed by atoms with Crippen molar-refractivity contribution in [3.8, 4) is 0 Å². The molecule has 0 spiro atoms. The Bertz CT molecular complexity index is 26.1. The van der Waals surface area contributed by atoms with Crippen molar-refractivity contribution in [3.63, 3.8) is 0 Å². The van der Waals surface area contributed by atoms with E-state index in [0.29, 0.717) is 0 Å². The highest BCUT2D eigenvalue weighted by Gasteiger charge is 1.64. The van der Waals surface area contributed by atoms with E-state index in [-0.39, 0.29) is 0 Å². The minimum Gasteiger partial charge on any atom is -0.330 e. The Morgan fingerprint density at radius 1 is 1.22 bits per heavy atom. The normalized spacial score (nSPS) is 8.00. The molecule has 0 atom stereocenters. The summed E-state index contributed by atoms with van der Waals surface area (Å²) in [7, 11) is 1.96. The first-order valence-electron chi connectivity index (χ1n) is 3.68. The van der Waals surface area contributed by atoms with Crippen molar-refractivity contribution in [1.29, 1.82) is 0 Å². The van der Waals surface area contributed by atoms with E-state index in [1.807, 2.05) is 7.05 Å². The van der Waals surface area contributed by atoms with Crippen molar-refractivity contribution in [2.24, 2.45) is 5.73 Å². The highest BCUT2D eigenvalue weighted by Crippen LogP contribution is 1.62. The topological polar surface area (TPSA) is 38.0 Å². The lowest BCUT2D eigenvalue weighted by Gasteiger charge is -1.84. The molecule has 3 N–H and O–H groups in total. The second kappa shape index (κ2) is 15.7. The fourth-order valence-corrected chi connectivity index (χ4v) is 0.250. The molecule has 2 nitrogen and oxygen atoms in total. The molecule has 0 radical (unpaired) electrons. The molecule has 9 heavy (non-hydrogen) atoms. The lowest BCUT2D eigenvalue weighted by Crippen LogP contribution is -2.04. The highest BCUT2D eigenvalue weighted by molar-refractivity contribution is 4.28. The van der Waals surface area contributed by atoms with E-state index in [2.05, 4.69) is 19.2 Å². The Hall–Kier alpha value is -0.0800. The molecule has 0 saturated heterocycles. The van der Waals surface area contributed by atoms with Gasteiger partial charge in [-0.25, -0.2) is 0 Å². The monoisotopic (exact) mass is 132 g/mol. The van der Waals surface area contributed by atoms with Crippen molar-refractivity contribution >= 4 is 0 Å². The van der Waals surface area contributed by atoms with Crippen molar-refractivity contribution < 1.29 is 0 Å². The van der Waals surface area contributed by atoms with E-state index in [1.165, 1.54) is 6.42 Å². The zero-order chi connectivity index (χ0) is 7.54. The lowest BCUT2D eigenvalue weighted by atomic mass is 10.5. The van der Waals surface area contributed by atoms with Crippen LogP contribution in [0.2, 0.25) is 0 Å². The molecule has 0 rings (SSSR count). The summed E-state index contributed by atoms with van der Waals surface area (Å²) < 4.78 is 0. The van der Waals surface area contributed by atoms with Crippen LogP contribution in [0.4, 0.5) is 0 Å². The summed E-state index contributed by atoms with van der Waals surface area (Å²) in [6.45, 7) is 6.16. The summed E-state index contributed by atoms with van der Waals surface area (Å²) in [5, 5.41) is 3.02. The molecule has 0 aliphatic rings. The van der Waals surface area contributed by atoms with E-state index in [1.54, 1.807) is 0 Å². The molecule has 0 aliphatic heterocycles. The van der Waals surface area contributed by atoms with Gasteiger partial charge >= 0.3 is 0 Å². The highest BCUT2D eigenvalue weighted by atomic mass is 14.8. The van der Waals surface area contributed by atoms with E-state index >= 15 is 0 Å². The Morgan fingerprint density at radius 3 is 1.67 bits per heavy atom. The van der Waals surface area contributed by atoms with Crippen LogP contribution in [0, 0.1) is 0 Å². The van der Waals surface area contributed by atoms with Gasteiger partial charge in [0.15, 0.2) is 0 Å². The van der Waals surface area contributed by atoms with Gasteiger partial charge in [-0.1, -0.05) is 13.8 Å². The minimum absolute atomic E-state index is 0.819. The fraction of sp³-hybridized carbons (Fsp3) is 1.00. The van der Waals surface area contributed by atoms with Crippen LogP contribution >= 0.6 is 0 Å². The van der Waals surface area contributed by atoms with Crippen LogP contribution in [0.3, 0.4) is 0 Å². The molecular formula is C7H20N2. The zero-order valence-corrected chi connectivity index (χ0v) is 6.91. The van der Waals surface area contributed by atoms with Gasteiger partial charge in [0.1, 0.15) is 0 Å². The van der Waals surface area contributed by atoms with Crippen molar-refractivity contribution in [3.05, 3.63) is 0 Å².